The van der Waals surface area contributed by atoms with Crippen molar-refractivity contribution in [2.45, 2.75) is 26.7 Å². The van der Waals surface area contributed by atoms with Gasteiger partial charge < -0.3 is 5.11 Å². The van der Waals surface area contributed by atoms with E-state index in [-0.39, 0.29) is 11.7 Å². The van der Waals surface area contributed by atoms with Crippen LogP contribution in [0.1, 0.15) is 48.3 Å². The summed E-state index contributed by atoms with van der Waals surface area (Å²) in [5.74, 6) is 0.155. The quantitative estimate of drug-likeness (QED) is 0.520. The number of aromatic hydroxyl groups is 1. The van der Waals surface area contributed by atoms with Crippen molar-refractivity contribution in [3.8, 4) is 17.0 Å². The maximum absolute atomic E-state index is 12.1. The van der Waals surface area contributed by atoms with Crippen molar-refractivity contribution in [3.63, 3.8) is 0 Å². The Morgan fingerprint density at radius 3 is 2.36 bits per heavy atom. The number of aromatic nitrogens is 2. The van der Waals surface area contributed by atoms with Crippen LogP contribution in [-0.4, -0.2) is 26.5 Å². The summed E-state index contributed by atoms with van der Waals surface area (Å²) in [5, 5.41) is 19.2. The second-order valence-electron chi connectivity index (χ2n) is 6.95. The predicted molar refractivity (Wildman–Crippen MR) is 111 cm³/mol. The highest BCUT2D eigenvalue weighted by Gasteiger charge is 2.19. The number of nitrogens with zero attached hydrogens (tertiary/aromatic N) is 3. The molecule has 0 saturated heterocycles. The molecule has 0 aliphatic heterocycles. The van der Waals surface area contributed by atoms with Crippen molar-refractivity contribution in [2.24, 2.45) is 12.1 Å². The molecule has 1 amide bonds. The van der Waals surface area contributed by atoms with E-state index in [1.165, 1.54) is 5.56 Å². The third-order valence-electron chi connectivity index (χ3n) is 4.58. The van der Waals surface area contributed by atoms with Gasteiger partial charge in [-0.2, -0.15) is 10.2 Å². The van der Waals surface area contributed by atoms with Gasteiger partial charge in [0.05, 0.1) is 5.71 Å². The number of hydrazone groups is 1. The fourth-order valence-corrected chi connectivity index (χ4v) is 2.95. The molecule has 0 aliphatic carbocycles. The van der Waals surface area contributed by atoms with Crippen LogP contribution in [0.2, 0.25) is 0 Å². The summed E-state index contributed by atoms with van der Waals surface area (Å²) in [6, 6.07) is 16.9. The molecular weight excluding hydrogens is 352 g/mol. The third kappa shape index (κ3) is 3.96. The van der Waals surface area contributed by atoms with Gasteiger partial charge in [0.15, 0.2) is 11.4 Å². The van der Waals surface area contributed by atoms with E-state index in [9.17, 15) is 9.90 Å². The molecule has 0 aliphatic rings. The lowest BCUT2D eigenvalue weighted by Gasteiger charge is -2.07. The van der Waals surface area contributed by atoms with Crippen LogP contribution < -0.4 is 5.43 Å². The Labute approximate surface area is 164 Å². The van der Waals surface area contributed by atoms with Crippen molar-refractivity contribution < 1.29 is 9.90 Å². The molecule has 2 aromatic carbocycles. The Bertz CT molecular complexity index is 1000. The number of nitrogens with one attached hydrogen (secondary N) is 1. The molecule has 0 unspecified atom stereocenters. The summed E-state index contributed by atoms with van der Waals surface area (Å²) in [4.78, 5) is 12.1. The lowest BCUT2D eigenvalue weighted by atomic mass is 10.0. The molecular formula is C22H24N4O2. The fourth-order valence-electron chi connectivity index (χ4n) is 2.95. The Hall–Kier alpha value is -3.41. The molecule has 2 N–H and O–H groups in total. The van der Waals surface area contributed by atoms with Crippen LogP contribution >= 0.6 is 0 Å². The van der Waals surface area contributed by atoms with E-state index in [1.54, 1.807) is 42.9 Å². The standard InChI is InChI=1S/C22H24N4O2/c1-14(2)16-10-12-17(13-11-16)20-21(27)19(25-26(20)4)15(3)23-24-22(28)18-8-6-5-7-9-18/h5-14,27H,1-4H3,(H,24,28)/b23-15+. The van der Waals surface area contributed by atoms with Crippen LogP contribution in [0.25, 0.3) is 11.3 Å². The minimum Gasteiger partial charge on any atom is -0.504 e. The average molecular weight is 376 g/mol. The molecule has 0 saturated carbocycles. The number of hydrogen-bond donors (Lipinski definition) is 2. The second kappa shape index (κ2) is 8.08. The molecule has 0 bridgehead atoms. The molecule has 28 heavy (non-hydrogen) atoms. The Morgan fingerprint density at radius 1 is 1.11 bits per heavy atom. The van der Waals surface area contributed by atoms with Crippen molar-refractivity contribution >= 4 is 11.6 Å². The highest BCUT2D eigenvalue weighted by molar-refractivity contribution is 6.02. The van der Waals surface area contributed by atoms with Crippen molar-refractivity contribution in [1.29, 1.82) is 0 Å². The first-order valence-electron chi connectivity index (χ1n) is 9.14. The van der Waals surface area contributed by atoms with E-state index in [1.807, 2.05) is 30.3 Å². The number of aryl methyl sites for hydroxylation is 1. The SMILES string of the molecule is C/C(=N\NC(=O)c1ccccc1)c1nn(C)c(-c2ccc(C(C)C)cc2)c1O. The van der Waals surface area contributed by atoms with Gasteiger partial charge in [-0.05, 0) is 30.5 Å². The largest absolute Gasteiger partial charge is 0.504 e. The summed E-state index contributed by atoms with van der Waals surface area (Å²) in [6.07, 6.45) is 0. The number of amides is 1. The highest BCUT2D eigenvalue weighted by Crippen LogP contribution is 2.32. The van der Waals surface area contributed by atoms with E-state index in [2.05, 4.69) is 29.5 Å². The van der Waals surface area contributed by atoms with Crippen LogP contribution in [0.15, 0.2) is 59.7 Å². The van der Waals surface area contributed by atoms with Gasteiger partial charge >= 0.3 is 0 Å². The monoisotopic (exact) mass is 376 g/mol. The predicted octanol–water partition coefficient (Wildman–Crippen LogP) is 4.07. The van der Waals surface area contributed by atoms with Crippen molar-refractivity contribution in [3.05, 3.63) is 71.4 Å². The third-order valence-corrected chi connectivity index (χ3v) is 4.58. The summed E-state index contributed by atoms with van der Waals surface area (Å²) < 4.78 is 1.62. The highest BCUT2D eigenvalue weighted by atomic mass is 16.3. The number of rotatable bonds is 5. The molecule has 6 nitrogen and oxygen atoms in total. The van der Waals surface area contributed by atoms with E-state index in [4.69, 9.17) is 0 Å². The Morgan fingerprint density at radius 2 is 1.75 bits per heavy atom. The summed E-state index contributed by atoms with van der Waals surface area (Å²) >= 11 is 0. The molecule has 3 aromatic rings. The van der Waals surface area contributed by atoms with Crippen LogP contribution in [0.4, 0.5) is 0 Å². The lowest BCUT2D eigenvalue weighted by Crippen LogP contribution is -2.19. The van der Waals surface area contributed by atoms with Gasteiger partial charge in [0.1, 0.15) is 5.69 Å². The minimum atomic E-state index is -0.320. The molecule has 1 aromatic heterocycles. The fraction of sp³-hybridized carbons (Fsp3) is 0.227. The van der Waals surface area contributed by atoms with E-state index >= 15 is 0 Å². The first-order valence-corrected chi connectivity index (χ1v) is 9.14. The maximum atomic E-state index is 12.1. The Balaban J connectivity index is 1.85. The first-order chi connectivity index (χ1) is 13.4. The summed E-state index contributed by atoms with van der Waals surface area (Å²) in [6.45, 7) is 5.97. The number of carbonyl (C=O) groups is 1. The van der Waals surface area contributed by atoms with Gasteiger partial charge in [-0.15, -0.1) is 0 Å². The summed E-state index contributed by atoms with van der Waals surface area (Å²) in [7, 11) is 1.77. The molecule has 0 fully saturated rings. The smallest absolute Gasteiger partial charge is 0.271 e. The molecule has 144 valence electrons. The van der Waals surface area contributed by atoms with Crippen LogP contribution in [0.3, 0.4) is 0 Å². The van der Waals surface area contributed by atoms with Gasteiger partial charge in [0.25, 0.3) is 5.91 Å². The number of carbonyl (C=O) groups excluding carboxylic acids is 1. The van der Waals surface area contributed by atoms with Gasteiger partial charge in [-0.25, -0.2) is 5.43 Å². The zero-order valence-electron chi connectivity index (χ0n) is 16.5. The average Bonchev–Trinajstić information content (AvgIpc) is 3.00. The van der Waals surface area contributed by atoms with Crippen molar-refractivity contribution in [2.75, 3.05) is 0 Å². The van der Waals surface area contributed by atoms with Crippen LogP contribution in [-0.2, 0) is 7.05 Å². The number of benzene rings is 2. The van der Waals surface area contributed by atoms with E-state index < -0.39 is 0 Å². The zero-order valence-corrected chi connectivity index (χ0v) is 16.5. The maximum Gasteiger partial charge on any atom is 0.271 e. The summed E-state index contributed by atoms with van der Waals surface area (Å²) in [5.41, 5.74) is 6.46. The Kier molecular flexibility index (Phi) is 5.59. The molecule has 0 radical (unpaired) electrons. The van der Waals surface area contributed by atoms with Gasteiger partial charge in [-0.3, -0.25) is 9.48 Å². The molecule has 0 atom stereocenters. The molecule has 1 heterocycles. The second-order valence-corrected chi connectivity index (χ2v) is 6.95. The molecule has 6 heteroatoms. The first kappa shape index (κ1) is 19.4. The van der Waals surface area contributed by atoms with E-state index in [0.29, 0.717) is 28.6 Å². The van der Waals surface area contributed by atoms with Gasteiger partial charge in [0, 0.05) is 18.2 Å². The topological polar surface area (TPSA) is 79.5 Å². The minimum absolute atomic E-state index is 0.0370. The lowest BCUT2D eigenvalue weighted by molar-refractivity contribution is 0.0955. The molecule has 0 spiro atoms. The van der Waals surface area contributed by atoms with Crippen LogP contribution in [0.5, 0.6) is 5.75 Å². The van der Waals surface area contributed by atoms with Gasteiger partial charge in [-0.1, -0.05) is 56.3 Å². The van der Waals surface area contributed by atoms with Crippen molar-refractivity contribution in [1.82, 2.24) is 15.2 Å². The van der Waals surface area contributed by atoms with Crippen LogP contribution in [0, 0.1) is 0 Å². The van der Waals surface area contributed by atoms with E-state index in [0.717, 1.165) is 5.56 Å². The normalized spacial score (nSPS) is 11.7. The van der Waals surface area contributed by atoms with Gasteiger partial charge in [0.2, 0.25) is 0 Å². The molecule has 3 rings (SSSR count). The zero-order chi connectivity index (χ0) is 20.3. The number of hydrogen-bond acceptors (Lipinski definition) is 4.